The fraction of sp³-hybridized carbons (Fsp3) is 0.250. The number of hydrogen-bond acceptors (Lipinski definition) is 4. The third kappa shape index (κ3) is 4.95. The lowest BCUT2D eigenvalue weighted by molar-refractivity contribution is 0.0698. The van der Waals surface area contributed by atoms with E-state index in [2.05, 4.69) is 28.5 Å². The largest absolute Gasteiger partial charge is 0.478 e. The van der Waals surface area contributed by atoms with E-state index < -0.39 is 5.97 Å². The van der Waals surface area contributed by atoms with Crippen molar-refractivity contribution in [3.63, 3.8) is 0 Å². The van der Waals surface area contributed by atoms with Gasteiger partial charge in [0.15, 0.2) is 0 Å². The highest BCUT2D eigenvalue weighted by atomic mass is 19.1. The molecule has 3 aromatic rings. The van der Waals surface area contributed by atoms with Gasteiger partial charge in [0, 0.05) is 26.0 Å². The van der Waals surface area contributed by atoms with E-state index in [1.807, 2.05) is 24.1 Å². The maximum absolute atomic E-state index is 13.8. The topological polar surface area (TPSA) is 65.5 Å². The van der Waals surface area contributed by atoms with Gasteiger partial charge in [-0.1, -0.05) is 18.2 Å². The van der Waals surface area contributed by atoms with E-state index in [0.717, 1.165) is 12.1 Å². The van der Waals surface area contributed by atoms with Gasteiger partial charge < -0.3 is 15.3 Å². The number of carboxylic acids is 1. The third-order valence-corrected chi connectivity index (χ3v) is 5.25. The van der Waals surface area contributed by atoms with Gasteiger partial charge >= 0.3 is 5.97 Å². The summed E-state index contributed by atoms with van der Waals surface area (Å²) in [6, 6.07) is 14.9. The van der Waals surface area contributed by atoms with Crippen molar-refractivity contribution in [1.82, 2.24) is 4.98 Å². The highest BCUT2D eigenvalue weighted by Crippen LogP contribution is 2.30. The van der Waals surface area contributed by atoms with Gasteiger partial charge in [-0.3, -0.25) is 4.98 Å². The molecule has 2 N–H and O–H groups in total. The summed E-state index contributed by atoms with van der Waals surface area (Å²) in [6.45, 7) is 0. The number of rotatable bonds is 4. The van der Waals surface area contributed by atoms with Gasteiger partial charge in [-0.15, -0.1) is 0 Å². The molecule has 0 unspecified atom stereocenters. The molecular weight excluding hydrogens is 381 g/mol. The number of carboxylic acid groups (broad SMARTS) is 1. The summed E-state index contributed by atoms with van der Waals surface area (Å²) >= 11 is 0. The molecule has 0 spiro atoms. The van der Waals surface area contributed by atoms with Crippen molar-refractivity contribution in [3.05, 3.63) is 83.4 Å². The summed E-state index contributed by atoms with van der Waals surface area (Å²) < 4.78 is 13.8. The molecule has 0 radical (unpaired) electrons. The molecule has 0 saturated carbocycles. The first-order valence-corrected chi connectivity index (χ1v) is 9.96. The van der Waals surface area contributed by atoms with Crippen molar-refractivity contribution >= 4 is 23.0 Å². The zero-order valence-corrected chi connectivity index (χ0v) is 17.2. The molecule has 5 nitrogen and oxygen atoms in total. The van der Waals surface area contributed by atoms with Crippen LogP contribution in [-0.4, -0.2) is 30.2 Å². The van der Waals surface area contributed by atoms with Crippen LogP contribution in [0.2, 0.25) is 0 Å². The molecule has 0 amide bonds. The van der Waals surface area contributed by atoms with E-state index in [1.165, 1.54) is 54.9 Å². The summed E-state index contributed by atoms with van der Waals surface area (Å²) in [5, 5.41) is 11.4. The van der Waals surface area contributed by atoms with Gasteiger partial charge in [0.1, 0.15) is 5.82 Å². The van der Waals surface area contributed by atoms with Crippen LogP contribution in [0.3, 0.4) is 0 Å². The number of para-hydroxylation sites is 1. The maximum atomic E-state index is 13.8. The SMILES string of the molecule is CN(c1ccc2c(c1)CCCC2)c1ccccc1F.CNc1cnccc1C(=O)O. The number of anilines is 3. The van der Waals surface area contributed by atoms with Crippen LogP contribution < -0.4 is 10.2 Å². The zero-order chi connectivity index (χ0) is 21.5. The number of nitrogens with zero attached hydrogens (tertiary/aromatic N) is 2. The number of hydrogen-bond donors (Lipinski definition) is 2. The lowest BCUT2D eigenvalue weighted by Crippen LogP contribution is -2.12. The normalized spacial score (nSPS) is 12.2. The first-order valence-electron chi connectivity index (χ1n) is 9.96. The molecule has 0 fully saturated rings. The molecule has 1 heterocycles. The quantitative estimate of drug-likeness (QED) is 0.615. The van der Waals surface area contributed by atoms with E-state index in [9.17, 15) is 9.18 Å². The number of pyridine rings is 1. The van der Waals surface area contributed by atoms with Crippen LogP contribution in [0, 0.1) is 5.82 Å². The maximum Gasteiger partial charge on any atom is 0.337 e. The van der Waals surface area contributed by atoms with E-state index in [1.54, 1.807) is 13.1 Å². The number of halogens is 1. The number of benzene rings is 2. The molecule has 1 aliphatic rings. The van der Waals surface area contributed by atoms with Crippen molar-refractivity contribution in [1.29, 1.82) is 0 Å². The van der Waals surface area contributed by atoms with Crippen molar-refractivity contribution in [2.24, 2.45) is 0 Å². The number of fused-ring (bicyclic) bond motifs is 1. The molecule has 0 bridgehead atoms. The lowest BCUT2D eigenvalue weighted by atomic mass is 9.91. The predicted molar refractivity (Wildman–Crippen MR) is 118 cm³/mol. The monoisotopic (exact) mass is 407 g/mol. The van der Waals surface area contributed by atoms with Crippen LogP contribution in [-0.2, 0) is 12.8 Å². The van der Waals surface area contributed by atoms with E-state index in [0.29, 0.717) is 11.4 Å². The van der Waals surface area contributed by atoms with Crippen molar-refractivity contribution < 1.29 is 14.3 Å². The Balaban J connectivity index is 0.000000199. The Morgan fingerprint density at radius 3 is 2.50 bits per heavy atom. The fourth-order valence-electron chi connectivity index (χ4n) is 3.57. The molecule has 30 heavy (non-hydrogen) atoms. The molecule has 2 aromatic carbocycles. The van der Waals surface area contributed by atoms with Gasteiger partial charge in [-0.05, 0) is 67.1 Å². The van der Waals surface area contributed by atoms with Crippen LogP contribution in [0.15, 0.2) is 60.9 Å². The van der Waals surface area contributed by atoms with E-state index in [-0.39, 0.29) is 11.4 Å². The van der Waals surface area contributed by atoms with Crippen molar-refractivity contribution in [3.8, 4) is 0 Å². The van der Waals surface area contributed by atoms with Gasteiger partial charge in [-0.2, -0.15) is 0 Å². The summed E-state index contributed by atoms with van der Waals surface area (Å²) in [5.74, 6) is -1.13. The zero-order valence-electron chi connectivity index (χ0n) is 17.2. The van der Waals surface area contributed by atoms with E-state index >= 15 is 0 Å². The van der Waals surface area contributed by atoms with Crippen LogP contribution in [0.1, 0.15) is 34.3 Å². The molecular formula is C24H26FN3O2. The Morgan fingerprint density at radius 2 is 1.83 bits per heavy atom. The lowest BCUT2D eigenvalue weighted by Gasteiger charge is -2.23. The third-order valence-electron chi connectivity index (χ3n) is 5.25. The first kappa shape index (κ1) is 21.3. The van der Waals surface area contributed by atoms with Crippen LogP contribution in [0.4, 0.5) is 21.5 Å². The average Bonchev–Trinajstić information content (AvgIpc) is 2.79. The number of carbonyl (C=O) groups is 1. The Kier molecular flexibility index (Phi) is 7.01. The molecule has 0 atom stereocenters. The fourth-order valence-corrected chi connectivity index (χ4v) is 3.57. The minimum absolute atomic E-state index is 0.178. The standard InChI is InChI=1S/C17H18FN.C7H8N2O2/c1-19(17-9-5-4-8-16(17)18)15-11-10-13-6-2-3-7-14(13)12-15;1-8-6-4-9-3-2-5(6)7(10)11/h4-5,8-12H,2-3,6-7H2,1H3;2-4,8H,1H3,(H,10,11). The second-order valence-electron chi connectivity index (χ2n) is 7.15. The Morgan fingerprint density at radius 1 is 1.10 bits per heavy atom. The van der Waals surface area contributed by atoms with Crippen LogP contribution >= 0.6 is 0 Å². The van der Waals surface area contributed by atoms with Crippen LogP contribution in [0.5, 0.6) is 0 Å². The minimum atomic E-state index is -0.947. The predicted octanol–water partition coefficient (Wildman–Crippen LogP) is 5.29. The smallest absolute Gasteiger partial charge is 0.337 e. The average molecular weight is 407 g/mol. The van der Waals surface area contributed by atoms with Gasteiger partial charge in [-0.25, -0.2) is 9.18 Å². The second kappa shape index (κ2) is 9.87. The Labute approximate surface area is 176 Å². The Hall–Kier alpha value is -3.41. The summed E-state index contributed by atoms with van der Waals surface area (Å²) in [4.78, 5) is 16.2. The second-order valence-corrected chi connectivity index (χ2v) is 7.15. The summed E-state index contributed by atoms with van der Waals surface area (Å²) in [5.41, 5.74) is 5.33. The molecule has 1 aliphatic carbocycles. The molecule has 0 aliphatic heterocycles. The highest BCUT2D eigenvalue weighted by Gasteiger charge is 2.13. The number of nitrogens with one attached hydrogen (secondary N) is 1. The van der Waals surface area contributed by atoms with Gasteiger partial charge in [0.2, 0.25) is 0 Å². The molecule has 156 valence electrons. The Bertz CT molecular complexity index is 1020. The first-order chi connectivity index (χ1) is 14.5. The summed E-state index contributed by atoms with van der Waals surface area (Å²) in [7, 11) is 3.58. The summed E-state index contributed by atoms with van der Waals surface area (Å²) in [6.07, 6.45) is 7.80. The van der Waals surface area contributed by atoms with Crippen LogP contribution in [0.25, 0.3) is 0 Å². The van der Waals surface area contributed by atoms with E-state index in [4.69, 9.17) is 5.11 Å². The molecule has 6 heteroatoms. The van der Waals surface area contributed by atoms with Gasteiger partial charge in [0.25, 0.3) is 0 Å². The molecule has 4 rings (SSSR count). The molecule has 0 saturated heterocycles. The number of aromatic nitrogens is 1. The van der Waals surface area contributed by atoms with Gasteiger partial charge in [0.05, 0.1) is 23.1 Å². The number of aromatic carboxylic acids is 1. The van der Waals surface area contributed by atoms with Crippen molar-refractivity contribution in [2.75, 3.05) is 24.3 Å². The number of aryl methyl sites for hydroxylation is 2. The van der Waals surface area contributed by atoms with Crippen molar-refractivity contribution in [2.45, 2.75) is 25.7 Å². The highest BCUT2D eigenvalue weighted by molar-refractivity contribution is 5.93. The minimum Gasteiger partial charge on any atom is -0.478 e. The molecule has 1 aromatic heterocycles.